The topological polar surface area (TPSA) is 172 Å². The number of imidazole rings is 1. The second-order valence-electron chi connectivity index (χ2n) is 13.6. The van der Waals surface area contributed by atoms with Gasteiger partial charge in [0.1, 0.15) is 29.3 Å². The zero-order chi connectivity index (χ0) is 43.7. The number of nitriles is 1. The van der Waals surface area contributed by atoms with Gasteiger partial charge in [0.25, 0.3) is 5.56 Å². The van der Waals surface area contributed by atoms with E-state index in [4.69, 9.17) is 33.3 Å². The number of carbonyl (C=O) groups is 1. The van der Waals surface area contributed by atoms with Crippen LogP contribution in [0.2, 0.25) is 0 Å². The first-order valence-corrected chi connectivity index (χ1v) is 20.4. The first kappa shape index (κ1) is 50.6. The predicted octanol–water partition coefficient (Wildman–Crippen LogP) is 8.26. The van der Waals surface area contributed by atoms with Crippen molar-refractivity contribution in [1.82, 2.24) is 19.5 Å². The molecule has 1 saturated heterocycles. The molecule has 330 valence electrons. The molecule has 0 spiro atoms. The Bertz CT molecular complexity index is 2120. The van der Waals surface area contributed by atoms with Crippen molar-refractivity contribution in [1.29, 1.82) is 5.26 Å². The molecule has 5 aromatic rings. The van der Waals surface area contributed by atoms with Crippen LogP contribution in [-0.2, 0) is 45.4 Å². The van der Waals surface area contributed by atoms with Crippen LogP contribution < -0.4 is 20.3 Å². The molecule has 1 unspecified atom stereocenters. The van der Waals surface area contributed by atoms with Crippen LogP contribution in [0.1, 0.15) is 69.9 Å². The number of nitrogens with one attached hydrogen (secondary N) is 2. The van der Waals surface area contributed by atoms with Crippen molar-refractivity contribution in [3.8, 4) is 17.6 Å². The van der Waals surface area contributed by atoms with Crippen LogP contribution in [0.3, 0.4) is 0 Å². The van der Waals surface area contributed by atoms with Crippen LogP contribution in [0.5, 0.6) is 11.5 Å². The number of H-pyrrole nitrogens is 1. The van der Waals surface area contributed by atoms with E-state index in [-0.39, 0.29) is 59.1 Å². The van der Waals surface area contributed by atoms with E-state index in [1.54, 1.807) is 28.1 Å². The molecule has 1 amide bonds. The number of aromatic amines is 1. The first-order valence-electron chi connectivity index (χ1n) is 19.6. The SMILES string of the molecule is COc1ccc(C(OC[C@H]2O[C@@H](n3cnc4c(=O)[nH]c(NC(=O)C(C)C)nc43)[C@H](F)[C@@H]2OPOCCC#N)(c2ccccc2)c2ccc(OC)cc2)cc1.[CH2-]CC.[CH2-]CC.[Ni+2]. The van der Waals surface area contributed by atoms with Crippen molar-refractivity contribution in [2.24, 2.45) is 5.92 Å². The van der Waals surface area contributed by atoms with E-state index in [1.165, 1.54) is 10.9 Å². The third-order valence-electron chi connectivity index (χ3n) is 8.94. The summed E-state index contributed by atoms with van der Waals surface area (Å²) in [6.07, 6.45) is -2.06. The minimum Gasteiger partial charge on any atom is -0.497 e. The number of aromatic nitrogens is 4. The number of carbonyl (C=O) groups excluding carboxylic acids is 1. The van der Waals surface area contributed by atoms with Gasteiger partial charge in [-0.1, -0.05) is 82.3 Å². The zero-order valence-corrected chi connectivity index (χ0v) is 37.2. The smallest absolute Gasteiger partial charge is 0.497 e. The third-order valence-corrected chi connectivity index (χ3v) is 9.63. The minimum absolute atomic E-state index is 0. The molecule has 2 aromatic heterocycles. The number of amides is 1. The number of anilines is 1. The van der Waals surface area contributed by atoms with Gasteiger partial charge in [-0.2, -0.15) is 23.1 Å². The molecule has 17 heteroatoms. The fraction of sp³-hybridized carbons (Fsp3) is 0.386. The van der Waals surface area contributed by atoms with Crippen LogP contribution in [0.4, 0.5) is 10.3 Å². The Balaban J connectivity index is 0.00000134. The molecule has 1 aliphatic heterocycles. The molecule has 0 saturated carbocycles. The Kier molecular flexibility index (Phi) is 21.0. The van der Waals surface area contributed by atoms with Crippen LogP contribution in [-0.4, -0.2) is 71.2 Å². The molecule has 0 radical (unpaired) electrons. The molecule has 0 bridgehead atoms. The summed E-state index contributed by atoms with van der Waals surface area (Å²) in [4.78, 5) is 36.5. The van der Waals surface area contributed by atoms with Gasteiger partial charge in [-0.05, 0) is 41.0 Å². The Labute approximate surface area is 368 Å². The molecule has 3 heterocycles. The fourth-order valence-electron chi connectivity index (χ4n) is 6.13. The van der Waals surface area contributed by atoms with Crippen molar-refractivity contribution in [3.63, 3.8) is 0 Å². The maximum absolute atomic E-state index is 16.8. The molecular formula is C44H54FN6NiO8P. The van der Waals surface area contributed by atoms with Crippen molar-refractivity contribution in [3.05, 3.63) is 126 Å². The number of ether oxygens (including phenoxy) is 4. The van der Waals surface area contributed by atoms with Gasteiger partial charge in [-0.3, -0.25) is 24.5 Å². The predicted molar refractivity (Wildman–Crippen MR) is 229 cm³/mol. The van der Waals surface area contributed by atoms with Crippen molar-refractivity contribution < 1.29 is 53.7 Å². The number of hydrogen-bond acceptors (Lipinski definition) is 11. The van der Waals surface area contributed by atoms with E-state index in [0.29, 0.717) is 11.5 Å². The molecule has 2 N–H and O–H groups in total. The fourth-order valence-corrected chi connectivity index (χ4v) is 6.78. The molecule has 61 heavy (non-hydrogen) atoms. The molecular weight excluding hydrogens is 849 g/mol. The number of nitrogens with zero attached hydrogens (tertiary/aromatic N) is 4. The molecule has 5 atom stereocenters. The van der Waals surface area contributed by atoms with Gasteiger partial charge in [0.2, 0.25) is 11.9 Å². The van der Waals surface area contributed by atoms with E-state index in [2.05, 4.69) is 34.1 Å². The summed E-state index contributed by atoms with van der Waals surface area (Å²) in [6.45, 7) is 14.3. The molecule has 3 aromatic carbocycles. The van der Waals surface area contributed by atoms with E-state index in [9.17, 15) is 9.59 Å². The van der Waals surface area contributed by atoms with Gasteiger partial charge in [0, 0.05) is 5.92 Å². The minimum atomic E-state index is -1.83. The summed E-state index contributed by atoms with van der Waals surface area (Å²) in [6, 6.07) is 26.6. The molecule has 1 fully saturated rings. The van der Waals surface area contributed by atoms with Crippen molar-refractivity contribution >= 4 is 32.1 Å². The van der Waals surface area contributed by atoms with E-state index in [1.807, 2.05) is 98.8 Å². The Morgan fingerprint density at radius 3 is 2.08 bits per heavy atom. The van der Waals surface area contributed by atoms with Gasteiger partial charge in [0.05, 0.1) is 46.3 Å². The second-order valence-corrected chi connectivity index (χ2v) is 14.3. The van der Waals surface area contributed by atoms with Crippen LogP contribution in [0.25, 0.3) is 11.2 Å². The Morgan fingerprint density at radius 2 is 1.56 bits per heavy atom. The molecule has 1 aliphatic rings. The average molecular weight is 904 g/mol. The monoisotopic (exact) mass is 902 g/mol. The third kappa shape index (κ3) is 12.7. The van der Waals surface area contributed by atoms with Gasteiger partial charge >= 0.3 is 16.5 Å². The number of rotatable bonds is 16. The first-order chi connectivity index (χ1) is 29.0. The van der Waals surface area contributed by atoms with Crippen molar-refractivity contribution in [2.75, 3.05) is 32.8 Å². The second kappa shape index (κ2) is 25.3. The summed E-state index contributed by atoms with van der Waals surface area (Å²) in [5.41, 5.74) is 0.338. The number of fused-ring (bicyclic) bond motifs is 1. The summed E-state index contributed by atoms with van der Waals surface area (Å²) in [7, 11) is 2.56. The van der Waals surface area contributed by atoms with Gasteiger partial charge < -0.3 is 41.8 Å². The standard InChI is InChI=1S/C38H40FN6O8P.2C3H7.Ni/c1-23(2)34(46)43-37-42-33-31(35(47)44-37)41-22-45(33)36-30(39)32(53-54-51-20-8-19-40)29(52-36)21-50-38(24-9-6-5-7-10-24,25-11-15-27(48-3)16-12-25)26-13-17-28(49-4)18-14-26;2*1-3-2;/h5-7,9-18,22-23,29-30,32,36,54H,8,20-21H2,1-4H3,(H2,42,43,44,46,47);2*1,3H2,2H3;/q;2*-1;+2/t29-,30-,32-,36-;;;/m1.../s1. The molecule has 6 rings (SSSR count). The maximum atomic E-state index is 16.8. The van der Waals surface area contributed by atoms with E-state index in [0.717, 1.165) is 29.5 Å². The molecule has 14 nitrogen and oxygen atoms in total. The van der Waals surface area contributed by atoms with Gasteiger partial charge in [-0.15, -0.1) is 0 Å². The maximum Gasteiger partial charge on any atom is 2.00 e. The largest absolute Gasteiger partial charge is 2.00 e. The zero-order valence-electron chi connectivity index (χ0n) is 35.2. The quantitative estimate of drug-likeness (QED) is 0.0321. The van der Waals surface area contributed by atoms with Gasteiger partial charge in [-0.25, -0.2) is 9.37 Å². The number of methoxy groups -OCH3 is 2. The summed E-state index contributed by atoms with van der Waals surface area (Å²) in [5.74, 6) is 0.416. The van der Waals surface area contributed by atoms with Crippen LogP contribution in [0, 0.1) is 31.1 Å². The summed E-state index contributed by atoms with van der Waals surface area (Å²) >= 11 is 0. The number of hydrogen-bond donors (Lipinski definition) is 2. The summed E-state index contributed by atoms with van der Waals surface area (Å²) < 4.78 is 53.9. The number of alkyl halides is 1. The van der Waals surface area contributed by atoms with Gasteiger partial charge in [0.15, 0.2) is 32.6 Å². The number of halogens is 1. The Morgan fingerprint density at radius 1 is 1.00 bits per heavy atom. The summed E-state index contributed by atoms with van der Waals surface area (Å²) in [5, 5.41) is 11.5. The molecule has 0 aliphatic carbocycles. The van der Waals surface area contributed by atoms with Crippen LogP contribution in [0.15, 0.2) is 90.0 Å². The normalized spacial score (nSPS) is 17.1. The van der Waals surface area contributed by atoms with E-state index >= 15 is 4.39 Å². The number of benzene rings is 3. The van der Waals surface area contributed by atoms with Crippen molar-refractivity contribution in [2.45, 2.75) is 77.2 Å². The van der Waals surface area contributed by atoms with Crippen LogP contribution >= 0.6 is 9.03 Å². The Hall–Kier alpha value is -4.74. The van der Waals surface area contributed by atoms with E-state index < -0.39 is 50.7 Å². The average Bonchev–Trinajstić information content (AvgIpc) is 3.82.